The Morgan fingerprint density at radius 2 is 1.86 bits per heavy atom. The Hall–Kier alpha value is -1.37. The Bertz CT molecular complexity index is 583. The van der Waals surface area contributed by atoms with E-state index in [2.05, 4.69) is 71.7 Å². The maximum atomic E-state index is 5.86. The van der Waals surface area contributed by atoms with Crippen LogP contribution in [0.5, 0.6) is 5.75 Å². The van der Waals surface area contributed by atoms with E-state index in [1.165, 1.54) is 16.7 Å². The highest BCUT2D eigenvalue weighted by Crippen LogP contribution is 2.24. The van der Waals surface area contributed by atoms with Crippen LogP contribution in [-0.2, 0) is 6.54 Å². The van der Waals surface area contributed by atoms with Crippen LogP contribution < -0.4 is 10.1 Å². The van der Waals surface area contributed by atoms with Crippen molar-refractivity contribution in [2.45, 2.75) is 39.2 Å². The lowest BCUT2D eigenvalue weighted by Gasteiger charge is -2.18. The monoisotopic (exact) mass is 301 g/mol. The van der Waals surface area contributed by atoms with E-state index in [9.17, 15) is 0 Å². The highest BCUT2D eigenvalue weighted by molar-refractivity contribution is 7.17. The Morgan fingerprint density at radius 3 is 2.57 bits per heavy atom. The van der Waals surface area contributed by atoms with E-state index in [4.69, 9.17) is 4.74 Å². The summed E-state index contributed by atoms with van der Waals surface area (Å²) in [5.41, 5.74) is 3.75. The average molecular weight is 301 g/mol. The number of benzene rings is 2. The first-order chi connectivity index (χ1) is 10.1. The molecule has 0 fully saturated rings. The number of aryl methyl sites for hydroxylation is 1. The molecule has 2 nitrogen and oxygen atoms in total. The molecule has 112 valence electrons. The molecule has 0 heterocycles. The molecule has 0 spiro atoms. The third-order valence-electron chi connectivity index (χ3n) is 3.25. The topological polar surface area (TPSA) is 21.3 Å². The number of ether oxygens (including phenoxy) is 1. The van der Waals surface area contributed by atoms with Crippen LogP contribution in [0.15, 0.2) is 48.5 Å². The molecule has 0 aliphatic heterocycles. The number of rotatable bonds is 6. The van der Waals surface area contributed by atoms with Crippen molar-refractivity contribution in [1.29, 1.82) is 0 Å². The Balaban J connectivity index is 2.02. The van der Waals surface area contributed by atoms with E-state index in [0.29, 0.717) is 0 Å². The van der Waals surface area contributed by atoms with Crippen LogP contribution >= 0.6 is 9.24 Å². The third-order valence-corrected chi connectivity index (χ3v) is 3.87. The molecule has 0 aromatic heterocycles. The van der Waals surface area contributed by atoms with Gasteiger partial charge in [-0.05, 0) is 32.4 Å². The summed E-state index contributed by atoms with van der Waals surface area (Å²) in [6.45, 7) is 7.00. The largest absolute Gasteiger partial charge is 0.491 e. The van der Waals surface area contributed by atoms with Crippen LogP contribution in [0.3, 0.4) is 0 Å². The first-order valence-electron chi connectivity index (χ1n) is 7.36. The van der Waals surface area contributed by atoms with E-state index < -0.39 is 0 Å². The summed E-state index contributed by atoms with van der Waals surface area (Å²) in [5.74, 6) is 1.19. The molecule has 3 heteroatoms. The zero-order chi connectivity index (χ0) is 15.2. The number of hydrogen-bond acceptors (Lipinski definition) is 2. The number of hydrogen-bond donors (Lipinski definition) is 1. The molecule has 0 aliphatic carbocycles. The second-order valence-electron chi connectivity index (χ2n) is 5.55. The maximum Gasteiger partial charge on any atom is 0.124 e. The fourth-order valence-electron chi connectivity index (χ4n) is 2.22. The molecule has 21 heavy (non-hydrogen) atoms. The normalized spacial score (nSPS) is 12.4. The molecule has 2 unspecified atom stereocenters. The molecule has 2 aromatic carbocycles. The smallest absolute Gasteiger partial charge is 0.124 e. The van der Waals surface area contributed by atoms with E-state index in [-0.39, 0.29) is 11.9 Å². The summed E-state index contributed by atoms with van der Waals surface area (Å²) in [4.78, 5) is 0. The predicted octanol–water partition coefficient (Wildman–Crippen LogP) is 4.45. The molecule has 0 saturated carbocycles. The SMILES string of the molecule is Cc1cccc(C(P)NCc2ccccc2OC(C)C)c1. The first-order valence-corrected chi connectivity index (χ1v) is 8.03. The molecule has 1 N–H and O–H groups in total. The number of nitrogens with one attached hydrogen (secondary N) is 1. The zero-order valence-corrected chi connectivity index (χ0v) is 14.1. The lowest BCUT2D eigenvalue weighted by Crippen LogP contribution is -2.17. The van der Waals surface area contributed by atoms with E-state index in [1.54, 1.807) is 0 Å². The molecule has 2 atom stereocenters. The van der Waals surface area contributed by atoms with Crippen LogP contribution in [0, 0.1) is 6.92 Å². The molecule has 0 radical (unpaired) electrons. The Morgan fingerprint density at radius 1 is 1.10 bits per heavy atom. The van der Waals surface area contributed by atoms with E-state index in [1.807, 2.05) is 12.1 Å². The minimum atomic E-state index is 0.190. The standard InChI is InChI=1S/C18H24NOP/c1-13(2)20-17-10-5-4-8-16(17)12-19-18(21)15-9-6-7-14(3)11-15/h4-11,13,18-19H,12,21H2,1-3H3. The van der Waals surface area contributed by atoms with Gasteiger partial charge in [0.15, 0.2) is 0 Å². The van der Waals surface area contributed by atoms with Crippen molar-refractivity contribution in [3.63, 3.8) is 0 Å². The molecule has 0 aliphatic rings. The van der Waals surface area contributed by atoms with Crippen molar-refractivity contribution in [3.8, 4) is 5.75 Å². The fraction of sp³-hybridized carbons (Fsp3) is 0.333. The predicted molar refractivity (Wildman–Crippen MR) is 92.7 cm³/mol. The van der Waals surface area contributed by atoms with Gasteiger partial charge in [-0.1, -0.05) is 48.0 Å². The summed E-state index contributed by atoms with van der Waals surface area (Å²) < 4.78 is 5.86. The van der Waals surface area contributed by atoms with Gasteiger partial charge in [0.1, 0.15) is 5.75 Å². The summed E-state index contributed by atoms with van der Waals surface area (Å²) in [6.07, 6.45) is 0.190. The quantitative estimate of drug-likeness (QED) is 0.796. The van der Waals surface area contributed by atoms with Gasteiger partial charge in [0.25, 0.3) is 0 Å². The van der Waals surface area contributed by atoms with Gasteiger partial charge in [0.2, 0.25) is 0 Å². The van der Waals surface area contributed by atoms with Crippen molar-refractivity contribution >= 4 is 9.24 Å². The van der Waals surface area contributed by atoms with Gasteiger partial charge < -0.3 is 10.1 Å². The molecular weight excluding hydrogens is 277 g/mol. The minimum Gasteiger partial charge on any atom is -0.491 e. The van der Waals surface area contributed by atoms with Gasteiger partial charge >= 0.3 is 0 Å². The van der Waals surface area contributed by atoms with Gasteiger partial charge in [-0.2, -0.15) is 0 Å². The minimum absolute atomic E-state index is 0.190. The van der Waals surface area contributed by atoms with Crippen LogP contribution in [0.1, 0.15) is 36.3 Å². The maximum absolute atomic E-state index is 5.86. The van der Waals surface area contributed by atoms with Crippen molar-refractivity contribution < 1.29 is 4.74 Å². The highest BCUT2D eigenvalue weighted by Gasteiger charge is 2.08. The summed E-state index contributed by atoms with van der Waals surface area (Å²) in [7, 11) is 2.86. The van der Waals surface area contributed by atoms with E-state index >= 15 is 0 Å². The van der Waals surface area contributed by atoms with Crippen LogP contribution in [0.25, 0.3) is 0 Å². The molecule has 2 rings (SSSR count). The van der Waals surface area contributed by atoms with Crippen LogP contribution in [0.4, 0.5) is 0 Å². The summed E-state index contributed by atoms with van der Waals surface area (Å²) in [5, 5.41) is 3.54. The van der Waals surface area contributed by atoms with Crippen LogP contribution in [0.2, 0.25) is 0 Å². The van der Waals surface area contributed by atoms with Crippen molar-refractivity contribution in [1.82, 2.24) is 5.32 Å². The second-order valence-corrected chi connectivity index (χ2v) is 6.21. The average Bonchev–Trinajstić information content (AvgIpc) is 2.45. The number of para-hydroxylation sites is 1. The van der Waals surface area contributed by atoms with Crippen molar-refractivity contribution in [3.05, 3.63) is 65.2 Å². The summed E-state index contributed by atoms with van der Waals surface area (Å²) >= 11 is 0. The molecule has 0 saturated heterocycles. The molecule has 2 aromatic rings. The first kappa shape index (κ1) is 16.0. The Labute approximate surface area is 130 Å². The van der Waals surface area contributed by atoms with E-state index in [0.717, 1.165) is 12.3 Å². The fourth-order valence-corrected chi connectivity index (χ4v) is 2.55. The lowest BCUT2D eigenvalue weighted by atomic mass is 10.1. The Kier molecular flexibility index (Phi) is 5.78. The third kappa shape index (κ3) is 4.84. The molecule has 0 amide bonds. The van der Waals surface area contributed by atoms with Gasteiger partial charge in [-0.15, -0.1) is 9.24 Å². The summed E-state index contributed by atoms with van der Waals surface area (Å²) in [6, 6.07) is 16.8. The van der Waals surface area contributed by atoms with Gasteiger partial charge in [0, 0.05) is 17.9 Å². The molecular formula is C18H24NOP. The van der Waals surface area contributed by atoms with Crippen molar-refractivity contribution in [2.24, 2.45) is 0 Å². The van der Waals surface area contributed by atoms with Crippen molar-refractivity contribution in [2.75, 3.05) is 0 Å². The molecule has 0 bridgehead atoms. The lowest BCUT2D eigenvalue weighted by molar-refractivity contribution is 0.239. The van der Waals surface area contributed by atoms with Gasteiger partial charge in [-0.3, -0.25) is 0 Å². The zero-order valence-electron chi connectivity index (χ0n) is 13.0. The van der Waals surface area contributed by atoms with Gasteiger partial charge in [-0.25, -0.2) is 0 Å². The highest BCUT2D eigenvalue weighted by atomic mass is 31.0. The van der Waals surface area contributed by atoms with Crippen LogP contribution in [-0.4, -0.2) is 6.10 Å². The van der Waals surface area contributed by atoms with Gasteiger partial charge in [0.05, 0.1) is 6.10 Å². The second kappa shape index (κ2) is 7.59.